The number of carbonyl (C=O) groups excluding carboxylic acids is 1. The number of carbonyl (C=O) groups is 1. The van der Waals surface area contributed by atoms with Gasteiger partial charge in [-0.25, -0.2) is 13.1 Å². The molecule has 0 aliphatic carbocycles. The van der Waals surface area contributed by atoms with Gasteiger partial charge in [-0.15, -0.1) is 0 Å². The number of methoxy groups -OCH3 is 1. The van der Waals surface area contributed by atoms with Gasteiger partial charge >= 0.3 is 0 Å². The van der Waals surface area contributed by atoms with Crippen LogP contribution in [0.1, 0.15) is 30.6 Å². The van der Waals surface area contributed by atoms with Crippen molar-refractivity contribution in [3.05, 3.63) is 29.8 Å². The molecule has 1 aromatic rings. The van der Waals surface area contributed by atoms with Crippen molar-refractivity contribution in [3.63, 3.8) is 0 Å². The number of hydrogen-bond acceptors (Lipinski definition) is 4. The third kappa shape index (κ3) is 5.03. The summed E-state index contributed by atoms with van der Waals surface area (Å²) in [4.78, 5) is 12.0. The van der Waals surface area contributed by atoms with E-state index in [1.165, 1.54) is 19.2 Å². The van der Waals surface area contributed by atoms with Gasteiger partial charge in [0.2, 0.25) is 10.0 Å². The lowest BCUT2D eigenvalue weighted by Gasteiger charge is -2.08. The Labute approximate surface area is 120 Å². The van der Waals surface area contributed by atoms with Gasteiger partial charge in [-0.1, -0.05) is 26.0 Å². The van der Waals surface area contributed by atoms with E-state index < -0.39 is 10.0 Å². The highest BCUT2D eigenvalue weighted by Crippen LogP contribution is 2.13. The summed E-state index contributed by atoms with van der Waals surface area (Å²) in [5.41, 5.74) is 0.537. The zero-order chi connectivity index (χ0) is 15.2. The first-order chi connectivity index (χ1) is 9.36. The monoisotopic (exact) mass is 299 g/mol. The maximum atomic E-state index is 11.9. The predicted molar refractivity (Wildman–Crippen MR) is 77.3 cm³/mol. The average molecular weight is 299 g/mol. The fourth-order valence-electron chi connectivity index (χ4n) is 1.67. The standard InChI is InChI=1S/C14H21NO4S/c1-11(2)10-14(16)12-4-6-13(7-5-12)20(17,18)15-8-9-19-3/h4-7,11,15H,8-10H2,1-3H3. The summed E-state index contributed by atoms with van der Waals surface area (Å²) < 4.78 is 31.0. The van der Waals surface area contributed by atoms with Crippen LogP contribution in [0.2, 0.25) is 0 Å². The molecule has 0 aromatic heterocycles. The van der Waals surface area contributed by atoms with E-state index in [-0.39, 0.29) is 23.1 Å². The van der Waals surface area contributed by atoms with Crippen molar-refractivity contribution in [3.8, 4) is 0 Å². The molecule has 0 heterocycles. The SMILES string of the molecule is COCCNS(=O)(=O)c1ccc(C(=O)CC(C)C)cc1. The molecular weight excluding hydrogens is 278 g/mol. The molecule has 0 bridgehead atoms. The van der Waals surface area contributed by atoms with Crippen LogP contribution in [0.25, 0.3) is 0 Å². The molecule has 0 saturated carbocycles. The second kappa shape index (κ2) is 7.52. The molecule has 112 valence electrons. The van der Waals surface area contributed by atoms with Crippen molar-refractivity contribution in [1.29, 1.82) is 0 Å². The number of sulfonamides is 1. The Hall–Kier alpha value is -1.24. The smallest absolute Gasteiger partial charge is 0.240 e. The van der Waals surface area contributed by atoms with Crippen LogP contribution >= 0.6 is 0 Å². The minimum absolute atomic E-state index is 0.0243. The van der Waals surface area contributed by atoms with E-state index in [0.29, 0.717) is 18.6 Å². The summed E-state index contributed by atoms with van der Waals surface area (Å²) in [5, 5.41) is 0. The van der Waals surface area contributed by atoms with E-state index in [2.05, 4.69) is 4.72 Å². The maximum Gasteiger partial charge on any atom is 0.240 e. The van der Waals surface area contributed by atoms with Crippen molar-refractivity contribution in [2.45, 2.75) is 25.2 Å². The van der Waals surface area contributed by atoms with Gasteiger partial charge in [-0.05, 0) is 18.1 Å². The Morgan fingerprint density at radius 3 is 2.35 bits per heavy atom. The Bertz CT molecular complexity index is 535. The van der Waals surface area contributed by atoms with E-state index in [1.807, 2.05) is 13.8 Å². The fraction of sp³-hybridized carbons (Fsp3) is 0.500. The first-order valence-corrected chi connectivity index (χ1v) is 7.97. The molecule has 0 radical (unpaired) electrons. The summed E-state index contributed by atoms with van der Waals surface area (Å²) in [6.07, 6.45) is 0.457. The average Bonchev–Trinajstić information content (AvgIpc) is 2.38. The number of Topliss-reactive ketones (excluding diaryl/α,β-unsaturated/α-hetero) is 1. The van der Waals surface area contributed by atoms with Gasteiger partial charge in [-0.2, -0.15) is 0 Å². The summed E-state index contributed by atoms with van der Waals surface area (Å²) in [6, 6.07) is 6.00. The molecule has 0 saturated heterocycles. The zero-order valence-corrected chi connectivity index (χ0v) is 12.9. The van der Waals surface area contributed by atoms with Crippen LogP contribution in [-0.2, 0) is 14.8 Å². The summed E-state index contributed by atoms with van der Waals surface area (Å²) in [7, 11) is -2.04. The van der Waals surface area contributed by atoms with Crippen LogP contribution in [0.4, 0.5) is 0 Å². The molecule has 0 unspecified atom stereocenters. The molecule has 1 rings (SSSR count). The lowest BCUT2D eigenvalue weighted by Crippen LogP contribution is -2.27. The van der Waals surface area contributed by atoms with E-state index in [9.17, 15) is 13.2 Å². The number of benzene rings is 1. The third-order valence-corrected chi connectivity index (χ3v) is 4.16. The number of hydrogen-bond donors (Lipinski definition) is 1. The molecule has 0 aliphatic rings. The maximum absolute atomic E-state index is 11.9. The molecule has 1 aromatic carbocycles. The van der Waals surface area contributed by atoms with Gasteiger partial charge in [0.25, 0.3) is 0 Å². The van der Waals surface area contributed by atoms with Gasteiger partial charge in [-0.3, -0.25) is 4.79 Å². The van der Waals surface area contributed by atoms with Gasteiger partial charge in [0.1, 0.15) is 0 Å². The summed E-state index contributed by atoms with van der Waals surface area (Å²) in [6.45, 7) is 4.46. The summed E-state index contributed by atoms with van der Waals surface area (Å²) in [5.74, 6) is 0.304. The van der Waals surface area contributed by atoms with Crippen molar-refractivity contribution < 1.29 is 17.9 Å². The second-order valence-electron chi connectivity index (χ2n) is 4.94. The largest absolute Gasteiger partial charge is 0.383 e. The van der Waals surface area contributed by atoms with Crippen LogP contribution in [0.5, 0.6) is 0 Å². The van der Waals surface area contributed by atoms with E-state index >= 15 is 0 Å². The van der Waals surface area contributed by atoms with Crippen LogP contribution < -0.4 is 4.72 Å². The molecule has 6 heteroatoms. The Balaban J connectivity index is 2.78. The topological polar surface area (TPSA) is 72.5 Å². The Morgan fingerprint density at radius 1 is 1.25 bits per heavy atom. The van der Waals surface area contributed by atoms with Gasteiger partial charge in [0.05, 0.1) is 11.5 Å². The lowest BCUT2D eigenvalue weighted by molar-refractivity contribution is 0.0967. The van der Waals surface area contributed by atoms with Gasteiger partial charge in [0, 0.05) is 25.6 Å². The molecule has 0 atom stereocenters. The molecule has 0 spiro atoms. The number of rotatable bonds is 8. The number of ether oxygens (including phenoxy) is 1. The van der Waals surface area contributed by atoms with Crippen LogP contribution in [-0.4, -0.2) is 34.5 Å². The predicted octanol–water partition coefficient (Wildman–Crippen LogP) is 1.84. The molecule has 1 N–H and O–H groups in total. The normalized spacial score (nSPS) is 11.8. The molecular formula is C14H21NO4S. The van der Waals surface area contributed by atoms with E-state index in [0.717, 1.165) is 0 Å². The van der Waals surface area contributed by atoms with Crippen LogP contribution in [0.15, 0.2) is 29.2 Å². The van der Waals surface area contributed by atoms with Crippen molar-refractivity contribution in [1.82, 2.24) is 4.72 Å². The Morgan fingerprint density at radius 2 is 1.85 bits per heavy atom. The zero-order valence-electron chi connectivity index (χ0n) is 12.0. The van der Waals surface area contributed by atoms with Gasteiger partial charge < -0.3 is 4.74 Å². The van der Waals surface area contributed by atoms with Crippen molar-refractivity contribution in [2.24, 2.45) is 5.92 Å². The Kier molecular flexibility index (Phi) is 6.32. The van der Waals surface area contributed by atoms with Crippen LogP contribution in [0, 0.1) is 5.92 Å². The minimum atomic E-state index is -3.54. The highest BCUT2D eigenvalue weighted by Gasteiger charge is 2.14. The first kappa shape index (κ1) is 16.8. The van der Waals surface area contributed by atoms with Crippen molar-refractivity contribution >= 4 is 15.8 Å². The highest BCUT2D eigenvalue weighted by atomic mass is 32.2. The van der Waals surface area contributed by atoms with Crippen molar-refractivity contribution in [2.75, 3.05) is 20.3 Å². The fourth-order valence-corrected chi connectivity index (χ4v) is 2.68. The second-order valence-corrected chi connectivity index (χ2v) is 6.70. The third-order valence-electron chi connectivity index (χ3n) is 2.68. The minimum Gasteiger partial charge on any atom is -0.383 e. The van der Waals surface area contributed by atoms with Crippen LogP contribution in [0.3, 0.4) is 0 Å². The molecule has 20 heavy (non-hydrogen) atoms. The highest BCUT2D eigenvalue weighted by molar-refractivity contribution is 7.89. The molecule has 0 fully saturated rings. The number of nitrogens with one attached hydrogen (secondary N) is 1. The molecule has 0 amide bonds. The first-order valence-electron chi connectivity index (χ1n) is 6.48. The molecule has 5 nitrogen and oxygen atoms in total. The number of ketones is 1. The quantitative estimate of drug-likeness (QED) is 0.587. The van der Waals surface area contributed by atoms with E-state index in [1.54, 1.807) is 12.1 Å². The van der Waals surface area contributed by atoms with Gasteiger partial charge in [0.15, 0.2) is 5.78 Å². The summed E-state index contributed by atoms with van der Waals surface area (Å²) >= 11 is 0. The molecule has 0 aliphatic heterocycles. The van der Waals surface area contributed by atoms with E-state index in [4.69, 9.17) is 4.74 Å². The lowest BCUT2D eigenvalue weighted by atomic mass is 10.0.